The fourth-order valence-electron chi connectivity index (χ4n) is 2.67. The predicted octanol–water partition coefficient (Wildman–Crippen LogP) is 7.72. The minimum atomic E-state index is 0.506. The van der Waals surface area contributed by atoms with Crippen molar-refractivity contribution < 1.29 is 32.9 Å². The third-order valence-electron chi connectivity index (χ3n) is 4.79. The molecule has 0 unspecified atom stereocenters. The molecule has 0 spiro atoms. The lowest BCUT2D eigenvalue weighted by molar-refractivity contribution is -0.105. The summed E-state index contributed by atoms with van der Waals surface area (Å²) >= 11 is 5.53. The number of aldehydes is 3. The number of rotatable bonds is 9. The number of halogens is 1. The van der Waals surface area contributed by atoms with Gasteiger partial charge in [-0.3, -0.25) is 14.4 Å². The lowest BCUT2D eigenvalue weighted by atomic mass is 10.0. The molecule has 0 atom stereocenters. The van der Waals surface area contributed by atoms with E-state index >= 15 is 0 Å². The fraction of sp³-hybridized carbons (Fsp3) is 0.182. The molecule has 0 aliphatic heterocycles. The first-order valence-corrected chi connectivity index (χ1v) is 12.5. The summed E-state index contributed by atoms with van der Waals surface area (Å²) in [7, 11) is 4.91. The highest BCUT2D eigenvalue weighted by Gasteiger charge is 2.06. The summed E-state index contributed by atoms with van der Waals surface area (Å²) in [6, 6.07) is 20.8. The fourth-order valence-corrected chi connectivity index (χ4v) is 2.81. The van der Waals surface area contributed by atoms with Gasteiger partial charge in [-0.05, 0) is 97.2 Å². The molecule has 3 aromatic carbocycles. The molecule has 0 saturated carbocycles. The van der Waals surface area contributed by atoms with Crippen LogP contribution in [0.15, 0.2) is 96.6 Å². The summed E-state index contributed by atoms with van der Waals surface area (Å²) in [6.45, 7) is 11.7. The molecule has 218 valence electrons. The van der Waals surface area contributed by atoms with E-state index in [4.69, 9.17) is 30.4 Å². The maximum absolute atomic E-state index is 10.7. The minimum Gasteiger partial charge on any atom is -0.497 e. The van der Waals surface area contributed by atoms with Crippen LogP contribution in [0.25, 0.3) is 17.2 Å². The van der Waals surface area contributed by atoms with Crippen molar-refractivity contribution in [1.29, 1.82) is 0 Å². The Kier molecular flexibility index (Phi) is 18.8. The van der Waals surface area contributed by atoms with Gasteiger partial charge in [0.05, 0.1) is 21.3 Å². The standard InChI is InChI=1S/C17H15ClO3.C8H10O2.2C4H6O/c1-12(11-19)9-15-4-3-14(10-17(15)21-18)13-5-7-16(20-2)8-6-13;1-9-7-3-5-8(10-2)6-4-7;2*1-4(2)3-5/h3-11H,1-2H3;3-6H,1-2H3;2*3H,1H2,2H3/b12-9+;;;. The molecular weight excluding hydrogens is 544 g/mol. The Balaban J connectivity index is 0.000000658. The molecule has 0 N–H and O–H groups in total. The Morgan fingerprint density at radius 1 is 0.634 bits per heavy atom. The van der Waals surface area contributed by atoms with Crippen LogP contribution in [0.5, 0.6) is 23.0 Å². The first-order chi connectivity index (χ1) is 19.6. The zero-order valence-electron chi connectivity index (χ0n) is 24.3. The van der Waals surface area contributed by atoms with Crippen LogP contribution in [0.4, 0.5) is 0 Å². The Labute approximate surface area is 247 Å². The van der Waals surface area contributed by atoms with E-state index in [1.165, 1.54) is 0 Å². The van der Waals surface area contributed by atoms with Gasteiger partial charge in [0, 0.05) is 5.56 Å². The third-order valence-corrected chi connectivity index (χ3v) is 4.95. The van der Waals surface area contributed by atoms with Crippen molar-refractivity contribution in [2.45, 2.75) is 20.8 Å². The molecule has 0 heterocycles. The van der Waals surface area contributed by atoms with Gasteiger partial charge in [-0.2, -0.15) is 0 Å². The smallest absolute Gasteiger partial charge is 0.154 e. The number of carbonyl (C=O) groups excluding carboxylic acids is 3. The molecule has 7 nitrogen and oxygen atoms in total. The Morgan fingerprint density at radius 2 is 1.00 bits per heavy atom. The van der Waals surface area contributed by atoms with E-state index in [0.717, 1.165) is 52.8 Å². The average Bonchev–Trinajstić information content (AvgIpc) is 3.02. The normalized spacial score (nSPS) is 9.49. The minimum absolute atomic E-state index is 0.506. The summed E-state index contributed by atoms with van der Waals surface area (Å²) in [6.07, 6.45) is 3.96. The molecule has 8 heteroatoms. The summed E-state index contributed by atoms with van der Waals surface area (Å²) in [4.78, 5) is 29.5. The number of methoxy groups -OCH3 is 3. The van der Waals surface area contributed by atoms with E-state index < -0.39 is 0 Å². The topological polar surface area (TPSA) is 88.1 Å². The number of hydrogen-bond acceptors (Lipinski definition) is 7. The number of allylic oxidation sites excluding steroid dienone is 3. The highest BCUT2D eigenvalue weighted by atomic mass is 35.5. The van der Waals surface area contributed by atoms with Gasteiger partial charge in [-0.15, -0.1) is 0 Å². The van der Waals surface area contributed by atoms with Crippen molar-refractivity contribution in [2.75, 3.05) is 21.3 Å². The molecule has 0 aromatic heterocycles. The van der Waals surface area contributed by atoms with Crippen molar-refractivity contribution in [3.05, 3.63) is 102 Å². The molecule has 3 rings (SSSR count). The summed E-state index contributed by atoms with van der Waals surface area (Å²) < 4.78 is 19.9. The zero-order chi connectivity index (χ0) is 31.2. The number of carbonyl (C=O) groups is 3. The Morgan fingerprint density at radius 3 is 1.32 bits per heavy atom. The first kappa shape index (κ1) is 36.4. The van der Waals surface area contributed by atoms with E-state index in [-0.39, 0.29) is 0 Å². The van der Waals surface area contributed by atoms with Gasteiger partial charge >= 0.3 is 0 Å². The van der Waals surface area contributed by atoms with E-state index in [9.17, 15) is 14.4 Å². The van der Waals surface area contributed by atoms with Crippen molar-refractivity contribution >= 4 is 36.8 Å². The van der Waals surface area contributed by atoms with Crippen LogP contribution in [0, 0.1) is 0 Å². The van der Waals surface area contributed by atoms with Gasteiger partial charge in [0.25, 0.3) is 0 Å². The van der Waals surface area contributed by atoms with Crippen molar-refractivity contribution in [3.63, 3.8) is 0 Å². The van der Waals surface area contributed by atoms with Gasteiger partial charge < -0.3 is 18.5 Å². The molecule has 0 bridgehead atoms. The average molecular weight is 581 g/mol. The van der Waals surface area contributed by atoms with Crippen LogP contribution >= 0.6 is 11.9 Å². The molecule has 0 aliphatic carbocycles. The number of hydrogen-bond donors (Lipinski definition) is 0. The molecule has 0 fully saturated rings. The number of ether oxygens (including phenoxy) is 3. The third kappa shape index (κ3) is 15.5. The zero-order valence-corrected chi connectivity index (χ0v) is 25.1. The quantitative estimate of drug-likeness (QED) is 0.189. The predicted molar refractivity (Wildman–Crippen MR) is 166 cm³/mol. The summed E-state index contributed by atoms with van der Waals surface area (Å²) in [5.41, 5.74) is 4.49. The van der Waals surface area contributed by atoms with E-state index in [1.54, 1.807) is 48.2 Å². The van der Waals surface area contributed by atoms with Gasteiger partial charge in [0.1, 0.15) is 48.0 Å². The molecule has 0 aliphatic rings. The van der Waals surface area contributed by atoms with Crippen LogP contribution in [0.2, 0.25) is 0 Å². The molecule has 0 saturated heterocycles. The molecule has 0 radical (unpaired) electrons. The van der Waals surface area contributed by atoms with Crippen LogP contribution in [0.3, 0.4) is 0 Å². The van der Waals surface area contributed by atoms with E-state index in [0.29, 0.717) is 22.5 Å². The lowest BCUT2D eigenvalue weighted by Crippen LogP contribution is -1.87. The second-order valence-electron chi connectivity index (χ2n) is 8.37. The van der Waals surface area contributed by atoms with Crippen LogP contribution in [-0.4, -0.2) is 40.2 Å². The Bertz CT molecular complexity index is 1240. The van der Waals surface area contributed by atoms with Crippen molar-refractivity contribution in [2.24, 2.45) is 0 Å². The van der Waals surface area contributed by atoms with Crippen LogP contribution in [-0.2, 0) is 14.4 Å². The maximum atomic E-state index is 10.7. The molecule has 41 heavy (non-hydrogen) atoms. The molecule has 0 amide bonds. The summed E-state index contributed by atoms with van der Waals surface area (Å²) in [5, 5.41) is 0. The van der Waals surface area contributed by atoms with Crippen molar-refractivity contribution in [3.8, 4) is 34.1 Å². The Hall–Kier alpha value is -4.62. The highest BCUT2D eigenvalue weighted by molar-refractivity contribution is 6.09. The second kappa shape index (κ2) is 21.2. The second-order valence-corrected chi connectivity index (χ2v) is 8.53. The first-order valence-electron chi connectivity index (χ1n) is 12.2. The SMILES string of the molecule is C=C(C)C=O.C=C(C)C=O.COc1ccc(-c2ccc(/C=C(\C)C=O)c(OCl)c2)cc1.COc1ccc(OC)cc1. The van der Waals surface area contributed by atoms with Gasteiger partial charge in [-0.1, -0.05) is 37.4 Å². The monoisotopic (exact) mass is 580 g/mol. The summed E-state index contributed by atoms with van der Waals surface area (Å²) in [5.74, 6) is 3.00. The van der Waals surface area contributed by atoms with Gasteiger partial charge in [-0.25, -0.2) is 0 Å². The lowest BCUT2D eigenvalue weighted by Gasteiger charge is -2.08. The van der Waals surface area contributed by atoms with E-state index in [2.05, 4.69) is 13.2 Å². The largest absolute Gasteiger partial charge is 0.497 e. The van der Waals surface area contributed by atoms with Crippen LogP contribution < -0.4 is 18.5 Å². The molecular formula is C33H37ClO7. The van der Waals surface area contributed by atoms with Gasteiger partial charge in [0.15, 0.2) is 5.75 Å². The van der Waals surface area contributed by atoms with E-state index in [1.807, 2.05) is 66.7 Å². The maximum Gasteiger partial charge on any atom is 0.154 e. The van der Waals surface area contributed by atoms with Crippen LogP contribution in [0.1, 0.15) is 26.3 Å². The van der Waals surface area contributed by atoms with Crippen molar-refractivity contribution in [1.82, 2.24) is 0 Å². The van der Waals surface area contributed by atoms with Gasteiger partial charge in [0.2, 0.25) is 0 Å². The number of benzene rings is 3. The highest BCUT2D eigenvalue weighted by Crippen LogP contribution is 2.30. The molecule has 3 aromatic rings.